The molecule has 14 heavy (non-hydrogen) atoms. The monoisotopic (exact) mass is 255 g/mol. The summed E-state index contributed by atoms with van der Waals surface area (Å²) in [4.78, 5) is 13.0. The molecule has 0 aliphatic carbocycles. The van der Waals surface area contributed by atoms with Crippen molar-refractivity contribution in [1.82, 2.24) is 0 Å². The summed E-state index contributed by atoms with van der Waals surface area (Å²) in [5.74, 6) is 0. The maximum atomic E-state index is 11.4. The molecule has 1 atom stereocenters. The Kier molecular flexibility index (Phi) is 2.46. The molecule has 1 saturated heterocycles. The third-order valence-electron chi connectivity index (χ3n) is 2.19. The second-order valence-corrected chi connectivity index (χ2v) is 4.19. The average molecular weight is 256 g/mol. The molecule has 0 saturated carbocycles. The summed E-state index contributed by atoms with van der Waals surface area (Å²) in [5, 5.41) is 0. The van der Waals surface area contributed by atoms with Gasteiger partial charge in [-0.2, -0.15) is 0 Å². The lowest BCUT2D eigenvalue weighted by Gasteiger charge is -2.17. The molecule has 4 heteroatoms. The lowest BCUT2D eigenvalue weighted by Crippen LogP contribution is -2.30. The lowest BCUT2D eigenvalue weighted by molar-refractivity contribution is 0.179. The summed E-state index contributed by atoms with van der Waals surface area (Å²) in [6, 6.07) is 7.73. The van der Waals surface area contributed by atoms with Gasteiger partial charge in [-0.15, -0.1) is 0 Å². The van der Waals surface area contributed by atoms with Crippen LogP contribution in [-0.2, 0) is 4.74 Å². The zero-order valence-electron chi connectivity index (χ0n) is 7.74. The van der Waals surface area contributed by atoms with Gasteiger partial charge in [0.1, 0.15) is 6.61 Å². The van der Waals surface area contributed by atoms with Crippen LogP contribution in [0.25, 0.3) is 0 Å². The Morgan fingerprint density at radius 1 is 1.43 bits per heavy atom. The van der Waals surface area contributed by atoms with Crippen molar-refractivity contribution in [2.24, 2.45) is 0 Å². The van der Waals surface area contributed by atoms with E-state index >= 15 is 0 Å². The molecule has 1 aliphatic heterocycles. The Morgan fingerprint density at radius 2 is 2.07 bits per heavy atom. The highest BCUT2D eigenvalue weighted by molar-refractivity contribution is 9.10. The van der Waals surface area contributed by atoms with E-state index in [4.69, 9.17) is 4.74 Å². The fraction of sp³-hybridized carbons (Fsp3) is 0.300. The number of nitrogens with zero attached hydrogens (tertiary/aromatic N) is 1. The fourth-order valence-electron chi connectivity index (χ4n) is 1.48. The van der Waals surface area contributed by atoms with Crippen molar-refractivity contribution in [2.75, 3.05) is 11.5 Å². The summed E-state index contributed by atoms with van der Waals surface area (Å²) in [6.07, 6.45) is -0.264. The highest BCUT2D eigenvalue weighted by Crippen LogP contribution is 2.24. The van der Waals surface area contributed by atoms with E-state index in [1.807, 2.05) is 31.2 Å². The van der Waals surface area contributed by atoms with Crippen molar-refractivity contribution < 1.29 is 9.53 Å². The highest BCUT2D eigenvalue weighted by atomic mass is 79.9. The molecule has 74 valence electrons. The van der Waals surface area contributed by atoms with E-state index in [0.29, 0.717) is 6.61 Å². The normalized spacial score (nSPS) is 21.1. The van der Waals surface area contributed by atoms with E-state index in [2.05, 4.69) is 15.9 Å². The molecule has 2 rings (SSSR count). The van der Waals surface area contributed by atoms with Gasteiger partial charge in [-0.25, -0.2) is 4.79 Å². The molecular weight excluding hydrogens is 246 g/mol. The predicted molar refractivity (Wildman–Crippen MR) is 57.4 cm³/mol. The van der Waals surface area contributed by atoms with Crippen molar-refractivity contribution >= 4 is 27.7 Å². The van der Waals surface area contributed by atoms with Crippen LogP contribution in [0.1, 0.15) is 6.92 Å². The average Bonchev–Trinajstić information content (AvgIpc) is 2.49. The van der Waals surface area contributed by atoms with Crippen LogP contribution < -0.4 is 4.90 Å². The number of carbonyl (C=O) groups excluding carboxylic acids is 1. The third kappa shape index (κ3) is 1.62. The van der Waals surface area contributed by atoms with Gasteiger partial charge in [0, 0.05) is 10.2 Å². The molecule has 1 amide bonds. The molecule has 1 fully saturated rings. The first-order chi connectivity index (χ1) is 6.68. The first kappa shape index (κ1) is 9.52. The van der Waals surface area contributed by atoms with Crippen LogP contribution in [0, 0.1) is 0 Å². The van der Waals surface area contributed by atoms with Gasteiger partial charge in [0.05, 0.1) is 6.04 Å². The van der Waals surface area contributed by atoms with E-state index < -0.39 is 0 Å². The third-order valence-corrected chi connectivity index (χ3v) is 2.72. The molecular formula is C10H10BrNO2. The smallest absolute Gasteiger partial charge is 0.414 e. The fourth-order valence-corrected chi connectivity index (χ4v) is 1.74. The second-order valence-electron chi connectivity index (χ2n) is 3.27. The van der Waals surface area contributed by atoms with Gasteiger partial charge in [-0.05, 0) is 31.2 Å². The zero-order valence-corrected chi connectivity index (χ0v) is 9.32. The minimum Gasteiger partial charge on any atom is -0.447 e. The van der Waals surface area contributed by atoms with Crippen LogP contribution in [0.5, 0.6) is 0 Å². The Bertz CT molecular complexity index is 350. The van der Waals surface area contributed by atoms with E-state index in [9.17, 15) is 4.79 Å². The van der Waals surface area contributed by atoms with Crippen LogP contribution in [-0.4, -0.2) is 18.7 Å². The van der Waals surface area contributed by atoms with Gasteiger partial charge in [-0.3, -0.25) is 4.90 Å². The van der Waals surface area contributed by atoms with Gasteiger partial charge in [0.25, 0.3) is 0 Å². The lowest BCUT2D eigenvalue weighted by atomic mass is 10.2. The van der Waals surface area contributed by atoms with Gasteiger partial charge in [0.2, 0.25) is 0 Å². The highest BCUT2D eigenvalue weighted by Gasteiger charge is 2.30. The minimum absolute atomic E-state index is 0.115. The molecule has 3 nitrogen and oxygen atoms in total. The number of anilines is 1. The van der Waals surface area contributed by atoms with Gasteiger partial charge in [-0.1, -0.05) is 15.9 Å². The number of benzene rings is 1. The number of hydrogen-bond acceptors (Lipinski definition) is 2. The molecule has 0 spiro atoms. The van der Waals surface area contributed by atoms with Crippen molar-refractivity contribution in [1.29, 1.82) is 0 Å². The van der Waals surface area contributed by atoms with Crippen LogP contribution in [0.4, 0.5) is 10.5 Å². The van der Waals surface area contributed by atoms with E-state index in [0.717, 1.165) is 10.2 Å². The molecule has 0 radical (unpaired) electrons. The minimum atomic E-state index is -0.264. The summed E-state index contributed by atoms with van der Waals surface area (Å²) >= 11 is 3.35. The molecule has 0 bridgehead atoms. The van der Waals surface area contributed by atoms with E-state index in [1.165, 1.54) is 0 Å². The first-order valence-electron chi connectivity index (χ1n) is 4.40. The van der Waals surface area contributed by atoms with Gasteiger partial charge < -0.3 is 4.74 Å². The molecule has 1 aliphatic rings. The van der Waals surface area contributed by atoms with Gasteiger partial charge in [0.15, 0.2) is 0 Å². The number of rotatable bonds is 1. The number of halogens is 1. The first-order valence-corrected chi connectivity index (χ1v) is 5.19. The molecule has 0 N–H and O–H groups in total. The van der Waals surface area contributed by atoms with Crippen molar-refractivity contribution in [3.8, 4) is 0 Å². The summed E-state index contributed by atoms with van der Waals surface area (Å²) in [7, 11) is 0. The van der Waals surface area contributed by atoms with Crippen molar-refractivity contribution in [2.45, 2.75) is 13.0 Å². The summed E-state index contributed by atoms with van der Waals surface area (Å²) < 4.78 is 5.94. The number of ether oxygens (including phenoxy) is 1. The topological polar surface area (TPSA) is 29.5 Å². The summed E-state index contributed by atoms with van der Waals surface area (Å²) in [6.45, 7) is 2.43. The Hall–Kier alpha value is -1.03. The van der Waals surface area contributed by atoms with Crippen LogP contribution in [0.15, 0.2) is 28.7 Å². The maximum Gasteiger partial charge on any atom is 0.414 e. The molecule has 0 unspecified atom stereocenters. The van der Waals surface area contributed by atoms with Gasteiger partial charge >= 0.3 is 6.09 Å². The maximum absolute atomic E-state index is 11.4. The zero-order chi connectivity index (χ0) is 10.1. The quantitative estimate of drug-likeness (QED) is 0.773. The van der Waals surface area contributed by atoms with E-state index in [1.54, 1.807) is 4.90 Å². The molecule has 1 aromatic carbocycles. The second kappa shape index (κ2) is 3.61. The van der Waals surface area contributed by atoms with Crippen LogP contribution >= 0.6 is 15.9 Å². The summed E-state index contributed by atoms with van der Waals surface area (Å²) in [5.41, 5.74) is 0.878. The van der Waals surface area contributed by atoms with Crippen molar-refractivity contribution in [3.05, 3.63) is 28.7 Å². The van der Waals surface area contributed by atoms with Crippen molar-refractivity contribution in [3.63, 3.8) is 0 Å². The van der Waals surface area contributed by atoms with E-state index in [-0.39, 0.29) is 12.1 Å². The Balaban J connectivity index is 2.30. The molecule has 0 aromatic heterocycles. The molecule has 1 heterocycles. The number of carbonyl (C=O) groups is 1. The number of hydrogen-bond donors (Lipinski definition) is 0. The predicted octanol–water partition coefficient (Wildman–Crippen LogP) is 2.79. The standard InChI is InChI=1S/C10H10BrNO2/c1-7-6-14-10(13)12(7)9-4-2-8(11)3-5-9/h2-5,7H,6H2,1H3/t7-/m1/s1. The number of cyclic esters (lactones) is 1. The SMILES string of the molecule is C[C@@H]1COC(=O)N1c1ccc(Br)cc1. The number of amides is 1. The Morgan fingerprint density at radius 3 is 2.57 bits per heavy atom. The Labute approximate surface area is 90.8 Å². The van der Waals surface area contributed by atoms with Crippen LogP contribution in [0.3, 0.4) is 0 Å². The largest absolute Gasteiger partial charge is 0.447 e. The van der Waals surface area contributed by atoms with Crippen LogP contribution in [0.2, 0.25) is 0 Å². The molecule has 1 aromatic rings.